The zero-order valence-corrected chi connectivity index (χ0v) is 10.5. The van der Waals surface area contributed by atoms with E-state index in [0.717, 1.165) is 5.56 Å². The van der Waals surface area contributed by atoms with E-state index in [0.29, 0.717) is 18.7 Å². The molecule has 1 heterocycles. The maximum atomic E-state index is 12.1. The van der Waals surface area contributed by atoms with Crippen molar-refractivity contribution in [2.45, 2.75) is 6.92 Å². The molecule has 1 aromatic rings. The van der Waals surface area contributed by atoms with Crippen molar-refractivity contribution in [3.8, 4) is 0 Å². The highest BCUT2D eigenvalue weighted by atomic mass is 32.2. The fraction of sp³-hybridized carbons (Fsp3) is 0.417. The Bertz CT molecular complexity index is 522. The second-order valence-corrected chi connectivity index (χ2v) is 6.62. The lowest BCUT2D eigenvalue weighted by molar-refractivity contribution is 0.0770. The number of sulfone groups is 1. The van der Waals surface area contributed by atoms with Gasteiger partial charge < -0.3 is 4.90 Å². The Morgan fingerprint density at radius 1 is 1.24 bits per heavy atom. The highest BCUT2D eigenvalue weighted by molar-refractivity contribution is 7.91. The minimum atomic E-state index is -2.93. The number of carbonyl (C=O) groups is 1. The van der Waals surface area contributed by atoms with E-state index in [2.05, 4.69) is 0 Å². The van der Waals surface area contributed by atoms with E-state index in [9.17, 15) is 13.2 Å². The normalized spacial score (nSPS) is 19.0. The molecule has 0 saturated carbocycles. The van der Waals surface area contributed by atoms with Crippen molar-refractivity contribution >= 4 is 15.7 Å². The minimum absolute atomic E-state index is 0.0740. The van der Waals surface area contributed by atoms with E-state index in [1.54, 1.807) is 11.0 Å². The number of amides is 1. The average molecular weight is 253 g/mol. The Labute approximate surface area is 101 Å². The smallest absolute Gasteiger partial charge is 0.253 e. The topological polar surface area (TPSA) is 54.5 Å². The number of hydrogen-bond donors (Lipinski definition) is 0. The molecule has 0 N–H and O–H groups in total. The third kappa shape index (κ3) is 2.85. The Morgan fingerprint density at radius 2 is 1.88 bits per heavy atom. The van der Waals surface area contributed by atoms with Gasteiger partial charge in [0.15, 0.2) is 9.84 Å². The Morgan fingerprint density at radius 3 is 2.47 bits per heavy atom. The van der Waals surface area contributed by atoms with E-state index in [4.69, 9.17) is 0 Å². The maximum Gasteiger partial charge on any atom is 0.253 e. The fourth-order valence-corrected chi connectivity index (χ4v) is 3.08. The van der Waals surface area contributed by atoms with Crippen LogP contribution in [0.25, 0.3) is 0 Å². The molecule has 1 fully saturated rings. The first kappa shape index (κ1) is 12.1. The summed E-state index contributed by atoms with van der Waals surface area (Å²) in [6.07, 6.45) is 0. The fourth-order valence-electron chi connectivity index (χ4n) is 1.88. The number of hydrogen-bond acceptors (Lipinski definition) is 3. The van der Waals surface area contributed by atoms with Crippen LogP contribution in [0.2, 0.25) is 0 Å². The van der Waals surface area contributed by atoms with Crippen molar-refractivity contribution in [1.82, 2.24) is 4.90 Å². The summed E-state index contributed by atoms with van der Waals surface area (Å²) in [5.74, 6) is 0.0679. The molecule has 0 radical (unpaired) electrons. The van der Waals surface area contributed by atoms with Gasteiger partial charge in [0.2, 0.25) is 0 Å². The van der Waals surface area contributed by atoms with Gasteiger partial charge in [0.25, 0.3) is 5.91 Å². The van der Waals surface area contributed by atoms with Crippen LogP contribution in [-0.2, 0) is 9.84 Å². The molecule has 0 atom stereocenters. The molecule has 92 valence electrons. The summed E-state index contributed by atoms with van der Waals surface area (Å²) in [6.45, 7) is 2.53. The second kappa shape index (κ2) is 4.49. The van der Waals surface area contributed by atoms with E-state index in [1.165, 1.54) is 0 Å². The summed E-state index contributed by atoms with van der Waals surface area (Å²) in [5, 5.41) is 0. The van der Waals surface area contributed by atoms with Gasteiger partial charge in [0.1, 0.15) is 0 Å². The van der Waals surface area contributed by atoms with Crippen molar-refractivity contribution in [2.75, 3.05) is 24.6 Å². The van der Waals surface area contributed by atoms with Crippen LogP contribution in [0.4, 0.5) is 0 Å². The molecule has 1 aliphatic heterocycles. The van der Waals surface area contributed by atoms with Crippen LogP contribution < -0.4 is 0 Å². The quantitative estimate of drug-likeness (QED) is 0.746. The molecule has 1 aliphatic rings. The van der Waals surface area contributed by atoms with Gasteiger partial charge in [-0.3, -0.25) is 4.79 Å². The van der Waals surface area contributed by atoms with Gasteiger partial charge in [-0.15, -0.1) is 0 Å². The number of nitrogens with zero attached hydrogens (tertiary/aromatic N) is 1. The van der Waals surface area contributed by atoms with Crippen LogP contribution in [-0.4, -0.2) is 43.8 Å². The van der Waals surface area contributed by atoms with Gasteiger partial charge >= 0.3 is 0 Å². The largest absolute Gasteiger partial charge is 0.337 e. The van der Waals surface area contributed by atoms with Crippen molar-refractivity contribution in [3.05, 3.63) is 35.4 Å². The van der Waals surface area contributed by atoms with Crippen LogP contribution in [0.15, 0.2) is 24.3 Å². The number of benzene rings is 1. The Kier molecular flexibility index (Phi) is 3.19. The number of carbonyl (C=O) groups excluding carboxylic acids is 1. The minimum Gasteiger partial charge on any atom is -0.337 e. The average Bonchev–Trinajstić information content (AvgIpc) is 2.28. The van der Waals surface area contributed by atoms with Crippen molar-refractivity contribution in [3.63, 3.8) is 0 Å². The third-order valence-corrected chi connectivity index (χ3v) is 4.51. The molecular formula is C12H15NO3S. The SMILES string of the molecule is Cc1cccc(C(=O)N2CCS(=O)(=O)CC2)c1. The standard InChI is InChI=1S/C12H15NO3S/c1-10-3-2-4-11(9-10)12(14)13-5-7-17(15,16)8-6-13/h2-4,9H,5-8H2,1H3. The van der Waals surface area contributed by atoms with Crippen LogP contribution in [0, 0.1) is 6.92 Å². The lowest BCUT2D eigenvalue weighted by atomic mass is 10.1. The summed E-state index contributed by atoms with van der Waals surface area (Å²) < 4.78 is 22.5. The maximum absolute atomic E-state index is 12.1. The summed E-state index contributed by atoms with van der Waals surface area (Å²) in [7, 11) is -2.93. The molecule has 0 unspecified atom stereocenters. The first-order chi connectivity index (χ1) is 7.98. The molecule has 0 bridgehead atoms. The predicted molar refractivity (Wildman–Crippen MR) is 65.7 cm³/mol. The van der Waals surface area contributed by atoms with Gasteiger partial charge in [-0.05, 0) is 19.1 Å². The van der Waals surface area contributed by atoms with Crippen molar-refractivity contribution in [1.29, 1.82) is 0 Å². The van der Waals surface area contributed by atoms with Crippen molar-refractivity contribution in [2.24, 2.45) is 0 Å². The van der Waals surface area contributed by atoms with E-state index in [-0.39, 0.29) is 17.4 Å². The van der Waals surface area contributed by atoms with Gasteiger partial charge in [-0.25, -0.2) is 8.42 Å². The lowest BCUT2D eigenvalue weighted by Gasteiger charge is -2.26. The van der Waals surface area contributed by atoms with Crippen LogP contribution in [0.3, 0.4) is 0 Å². The van der Waals surface area contributed by atoms with Crippen LogP contribution >= 0.6 is 0 Å². The molecule has 2 rings (SSSR count). The Hall–Kier alpha value is -1.36. The monoisotopic (exact) mass is 253 g/mol. The van der Waals surface area contributed by atoms with Gasteiger partial charge in [0.05, 0.1) is 11.5 Å². The van der Waals surface area contributed by atoms with Gasteiger partial charge in [0, 0.05) is 18.7 Å². The second-order valence-electron chi connectivity index (χ2n) is 4.31. The highest BCUT2D eigenvalue weighted by Gasteiger charge is 2.25. The van der Waals surface area contributed by atoms with E-state index in [1.807, 2.05) is 25.1 Å². The van der Waals surface area contributed by atoms with Crippen LogP contribution in [0.1, 0.15) is 15.9 Å². The summed E-state index contributed by atoms with van der Waals surface area (Å²) in [4.78, 5) is 13.7. The lowest BCUT2D eigenvalue weighted by Crippen LogP contribution is -2.43. The van der Waals surface area contributed by atoms with Crippen molar-refractivity contribution < 1.29 is 13.2 Å². The molecule has 1 saturated heterocycles. The Balaban J connectivity index is 2.12. The van der Waals surface area contributed by atoms with E-state index >= 15 is 0 Å². The molecule has 4 nitrogen and oxygen atoms in total. The first-order valence-electron chi connectivity index (χ1n) is 5.54. The molecule has 0 spiro atoms. The molecule has 0 aliphatic carbocycles. The molecule has 1 amide bonds. The number of rotatable bonds is 1. The van der Waals surface area contributed by atoms with Crippen LogP contribution in [0.5, 0.6) is 0 Å². The zero-order chi connectivity index (χ0) is 12.5. The summed E-state index contributed by atoms with van der Waals surface area (Å²) in [6, 6.07) is 7.35. The zero-order valence-electron chi connectivity index (χ0n) is 9.72. The molecule has 0 aromatic heterocycles. The molecule has 17 heavy (non-hydrogen) atoms. The van der Waals surface area contributed by atoms with Gasteiger partial charge in [-0.2, -0.15) is 0 Å². The summed E-state index contributed by atoms with van der Waals surface area (Å²) >= 11 is 0. The predicted octanol–water partition coefficient (Wildman–Crippen LogP) is 0.866. The molecule has 1 aromatic carbocycles. The highest BCUT2D eigenvalue weighted by Crippen LogP contribution is 2.11. The molecular weight excluding hydrogens is 238 g/mol. The molecule has 5 heteroatoms. The van der Waals surface area contributed by atoms with E-state index < -0.39 is 9.84 Å². The summed E-state index contributed by atoms with van der Waals surface area (Å²) in [5.41, 5.74) is 1.66. The van der Waals surface area contributed by atoms with Gasteiger partial charge in [-0.1, -0.05) is 17.7 Å². The number of aryl methyl sites for hydroxylation is 1. The first-order valence-corrected chi connectivity index (χ1v) is 7.36. The third-order valence-electron chi connectivity index (χ3n) is 2.90.